The van der Waals surface area contributed by atoms with Crippen molar-refractivity contribution in [3.8, 4) is 0 Å². The summed E-state index contributed by atoms with van der Waals surface area (Å²) in [5.74, 6) is 0.322. The minimum atomic E-state index is -1.49. The molecule has 10 nitrogen and oxygen atoms in total. The van der Waals surface area contributed by atoms with Gasteiger partial charge in [-0.3, -0.25) is 4.79 Å². The molecule has 312 valence electrons. The third-order valence-electron chi connectivity index (χ3n) is 10.6. The monoisotopic (exact) mass is 778 g/mol. The minimum Gasteiger partial charge on any atom is -0.388 e. The van der Waals surface area contributed by atoms with E-state index < -0.39 is 42.5 Å². The second-order valence-corrected chi connectivity index (χ2v) is 16.2. The van der Waals surface area contributed by atoms with Crippen LogP contribution < -0.4 is 11.1 Å². The zero-order valence-corrected chi connectivity index (χ0v) is 35.6. The number of aliphatic hydroxyl groups is 2. The fourth-order valence-electron chi connectivity index (χ4n) is 6.76. The smallest absolute Gasteiger partial charge is 0.247 e. The Morgan fingerprint density at radius 1 is 1.00 bits per heavy atom. The summed E-state index contributed by atoms with van der Waals surface area (Å²) in [5, 5.41) is 26.2. The first-order chi connectivity index (χ1) is 26.5. The molecule has 0 aliphatic carbocycles. The Kier molecular flexibility index (Phi) is 19.6. The van der Waals surface area contributed by atoms with Crippen molar-refractivity contribution < 1.29 is 34.0 Å². The van der Waals surface area contributed by atoms with Crippen LogP contribution in [0.2, 0.25) is 0 Å². The van der Waals surface area contributed by atoms with E-state index in [1.165, 1.54) is 0 Å². The molecule has 0 spiro atoms. The van der Waals surface area contributed by atoms with E-state index in [0.717, 1.165) is 41.6 Å². The van der Waals surface area contributed by atoms with Crippen molar-refractivity contribution in [3.05, 3.63) is 107 Å². The van der Waals surface area contributed by atoms with E-state index in [-0.39, 0.29) is 24.7 Å². The average Bonchev–Trinajstić information content (AvgIpc) is 3.13. The number of allylic oxidation sites excluding steroid dienone is 14. The first kappa shape index (κ1) is 47.2. The summed E-state index contributed by atoms with van der Waals surface area (Å²) >= 11 is 0. The Hall–Kier alpha value is -3.19. The lowest BCUT2D eigenvalue weighted by molar-refractivity contribution is -0.294. The standard InChI is InChI=1S/C46H71N3O7/c1-11-31(2)28-37-29-34(5)19-13-12-16-27-46(8,52)40(22-15-14-18-32(3)20-17-21-33(4)23-24-35(6)48-44(37)51)56-45-42(47)43(50)39(30-53-45)55-41-26-25-38(49(9)10)36(7)54-41/h12-23,27,29,31,35-36,38-43,45,50,52H,11,24-26,28,30,47H2,1-10H3,(H,48,51). The highest BCUT2D eigenvalue weighted by molar-refractivity contribution is 5.94. The fraction of sp³-hybridized carbons (Fsp3) is 0.587. The third-order valence-corrected chi connectivity index (χ3v) is 10.6. The molecule has 0 aromatic heterocycles. The van der Waals surface area contributed by atoms with Crippen LogP contribution in [0.15, 0.2) is 107 Å². The first-order valence-electron chi connectivity index (χ1n) is 20.3. The van der Waals surface area contributed by atoms with Gasteiger partial charge in [0.25, 0.3) is 0 Å². The average molecular weight is 778 g/mol. The quantitative estimate of drug-likeness (QED) is 0.208. The van der Waals surface area contributed by atoms with Crippen molar-refractivity contribution in [3.63, 3.8) is 0 Å². The summed E-state index contributed by atoms with van der Waals surface area (Å²) in [6.45, 7) is 16.1. The molecule has 3 heterocycles. The lowest BCUT2D eigenvalue weighted by Gasteiger charge is -2.43. The van der Waals surface area contributed by atoms with Crippen LogP contribution in [0.4, 0.5) is 0 Å². The van der Waals surface area contributed by atoms with Crippen molar-refractivity contribution in [2.24, 2.45) is 11.7 Å². The molecule has 56 heavy (non-hydrogen) atoms. The molecule has 3 aliphatic rings. The highest BCUT2D eigenvalue weighted by Gasteiger charge is 2.43. The van der Waals surface area contributed by atoms with Crippen LogP contribution in [0.25, 0.3) is 0 Å². The van der Waals surface area contributed by atoms with E-state index in [0.29, 0.717) is 24.8 Å². The topological polar surface area (TPSA) is 136 Å². The zero-order chi connectivity index (χ0) is 41.4. The molecular formula is C46H71N3O7. The zero-order valence-electron chi connectivity index (χ0n) is 35.6. The van der Waals surface area contributed by atoms with Gasteiger partial charge in [0.15, 0.2) is 12.6 Å². The maximum absolute atomic E-state index is 13.4. The third kappa shape index (κ3) is 15.6. The summed E-state index contributed by atoms with van der Waals surface area (Å²) in [4.78, 5) is 15.5. The van der Waals surface area contributed by atoms with Gasteiger partial charge in [-0.25, -0.2) is 0 Å². The SMILES string of the molecule is CCC(C)CC1=CC(C)=CC=CC=CC(C)(O)C(OC2OCC(OC3CCC(N(C)C)C(C)O3)C(O)C2N)C=CC=CC(C)=CC=CC(C)=CCC(C)NC1=O. The predicted octanol–water partition coefficient (Wildman–Crippen LogP) is 6.90. The molecule has 0 aromatic carbocycles. The van der Waals surface area contributed by atoms with Gasteiger partial charge in [0.05, 0.1) is 18.8 Å². The van der Waals surface area contributed by atoms with Crippen LogP contribution in [0.1, 0.15) is 87.5 Å². The van der Waals surface area contributed by atoms with Gasteiger partial charge in [0, 0.05) is 17.7 Å². The van der Waals surface area contributed by atoms with Crippen molar-refractivity contribution >= 4 is 5.91 Å². The number of amides is 1. The van der Waals surface area contributed by atoms with Gasteiger partial charge in [-0.05, 0) is 87.2 Å². The number of carbonyl (C=O) groups is 1. The largest absolute Gasteiger partial charge is 0.388 e. The molecule has 0 aromatic rings. The molecule has 2 fully saturated rings. The van der Waals surface area contributed by atoms with Crippen LogP contribution >= 0.6 is 0 Å². The molecule has 5 N–H and O–H groups in total. The van der Waals surface area contributed by atoms with Crippen LogP contribution in [0.5, 0.6) is 0 Å². The Labute approximate surface area is 337 Å². The molecule has 0 radical (unpaired) electrons. The van der Waals surface area contributed by atoms with Crippen LogP contribution in [-0.2, 0) is 23.7 Å². The number of nitrogens with zero attached hydrogens (tertiary/aromatic N) is 1. The Morgan fingerprint density at radius 3 is 2.41 bits per heavy atom. The maximum atomic E-state index is 13.4. The first-order valence-corrected chi connectivity index (χ1v) is 20.3. The number of likely N-dealkylation sites (N-methyl/N-ethyl adjacent to an activating group) is 1. The normalized spacial score (nSPS) is 33.9. The van der Waals surface area contributed by atoms with E-state index in [1.54, 1.807) is 25.2 Å². The molecule has 1 amide bonds. The van der Waals surface area contributed by atoms with Crippen molar-refractivity contribution in [1.82, 2.24) is 10.2 Å². The molecule has 3 rings (SSSR count). The lowest BCUT2D eigenvalue weighted by atomic mass is 9.96. The summed E-state index contributed by atoms with van der Waals surface area (Å²) in [6.07, 6.45) is 26.4. The molecule has 0 saturated carbocycles. The lowest BCUT2D eigenvalue weighted by Crippen LogP contribution is -2.61. The molecular weight excluding hydrogens is 707 g/mol. The predicted molar refractivity (Wildman–Crippen MR) is 226 cm³/mol. The number of rotatable bonds is 8. The Balaban J connectivity index is 1.85. The summed E-state index contributed by atoms with van der Waals surface area (Å²) in [5.41, 5.74) is 8.83. The van der Waals surface area contributed by atoms with Gasteiger partial charge in [-0.2, -0.15) is 0 Å². The molecule has 10 heteroatoms. The Bertz CT molecular complexity index is 1530. The number of ether oxygens (including phenoxy) is 4. The summed E-state index contributed by atoms with van der Waals surface area (Å²) < 4.78 is 24.7. The molecule has 2 saturated heterocycles. The number of nitrogens with two attached hydrogens (primary N) is 1. The van der Waals surface area contributed by atoms with Gasteiger partial charge < -0.3 is 45.1 Å². The van der Waals surface area contributed by atoms with E-state index in [9.17, 15) is 15.0 Å². The van der Waals surface area contributed by atoms with E-state index in [2.05, 4.69) is 30.1 Å². The van der Waals surface area contributed by atoms with Gasteiger partial charge in [0.1, 0.15) is 23.9 Å². The second-order valence-electron chi connectivity index (χ2n) is 16.2. The van der Waals surface area contributed by atoms with Crippen molar-refractivity contribution in [2.45, 2.75) is 148 Å². The van der Waals surface area contributed by atoms with E-state index >= 15 is 0 Å². The number of hydrogen-bond acceptors (Lipinski definition) is 9. The maximum Gasteiger partial charge on any atom is 0.247 e. The molecule has 3 aliphatic heterocycles. The molecule has 11 atom stereocenters. The Morgan fingerprint density at radius 2 is 1.71 bits per heavy atom. The number of aliphatic hydroxyl groups excluding tert-OH is 1. The highest BCUT2D eigenvalue weighted by Crippen LogP contribution is 2.29. The van der Waals surface area contributed by atoms with Crippen molar-refractivity contribution in [2.75, 3.05) is 20.7 Å². The second kappa shape index (κ2) is 23.3. The molecule has 0 bridgehead atoms. The van der Waals surface area contributed by atoms with Gasteiger partial charge in [-0.1, -0.05) is 122 Å². The van der Waals surface area contributed by atoms with Crippen LogP contribution in [0.3, 0.4) is 0 Å². The van der Waals surface area contributed by atoms with Crippen molar-refractivity contribution in [1.29, 1.82) is 0 Å². The van der Waals surface area contributed by atoms with Gasteiger partial charge in [0.2, 0.25) is 5.91 Å². The summed E-state index contributed by atoms with van der Waals surface area (Å²) in [6, 6.07) is -0.667. The fourth-order valence-corrected chi connectivity index (χ4v) is 6.76. The van der Waals surface area contributed by atoms with E-state index in [1.807, 2.05) is 109 Å². The van der Waals surface area contributed by atoms with Gasteiger partial charge in [-0.15, -0.1) is 0 Å². The number of carbonyl (C=O) groups excluding carboxylic acids is 1. The van der Waals surface area contributed by atoms with Gasteiger partial charge >= 0.3 is 0 Å². The summed E-state index contributed by atoms with van der Waals surface area (Å²) in [7, 11) is 4.08. The number of nitrogens with one attached hydrogen (secondary N) is 1. The minimum absolute atomic E-state index is 0.0165. The highest BCUT2D eigenvalue weighted by atomic mass is 16.7. The number of hydrogen-bond donors (Lipinski definition) is 4. The van der Waals surface area contributed by atoms with Crippen LogP contribution in [-0.4, -0.2) is 102 Å². The van der Waals surface area contributed by atoms with Crippen LogP contribution in [0, 0.1) is 5.92 Å². The van der Waals surface area contributed by atoms with E-state index in [4.69, 9.17) is 24.7 Å². The molecule has 11 unspecified atom stereocenters.